The van der Waals surface area contributed by atoms with Crippen molar-refractivity contribution in [3.8, 4) is 0 Å². The van der Waals surface area contributed by atoms with Gasteiger partial charge in [-0.05, 0) is 32.4 Å². The Hall–Kier alpha value is -0.540. The molecule has 0 amide bonds. The first kappa shape index (κ1) is 13.5. The van der Waals surface area contributed by atoms with Gasteiger partial charge in [0.2, 0.25) is 0 Å². The van der Waals surface area contributed by atoms with Gasteiger partial charge in [0.1, 0.15) is 0 Å². The molecule has 1 N–H and O–H groups in total. The van der Waals surface area contributed by atoms with E-state index in [1.165, 1.54) is 0 Å². The highest BCUT2D eigenvalue weighted by molar-refractivity contribution is 9.10. The molecule has 0 aliphatic rings. The highest BCUT2D eigenvalue weighted by Gasteiger charge is 2.13. The number of aliphatic hydroxyl groups excluding tert-OH is 1. The Morgan fingerprint density at radius 1 is 1.38 bits per heavy atom. The van der Waals surface area contributed by atoms with Gasteiger partial charge in [0.05, 0.1) is 6.61 Å². The van der Waals surface area contributed by atoms with Crippen LogP contribution in [0, 0.1) is 0 Å². The molecule has 0 aromatic heterocycles. The van der Waals surface area contributed by atoms with Gasteiger partial charge < -0.3 is 10.0 Å². The molecule has 90 valence electrons. The normalized spacial score (nSPS) is 10.9. The van der Waals surface area contributed by atoms with Gasteiger partial charge in [-0.1, -0.05) is 28.9 Å². The van der Waals surface area contributed by atoms with Crippen LogP contribution in [-0.2, 0) is 6.61 Å². The van der Waals surface area contributed by atoms with Crippen LogP contribution < -0.4 is 4.90 Å². The van der Waals surface area contributed by atoms with Gasteiger partial charge in [-0.15, -0.1) is 0 Å². The standard InChI is InChI=1S/C13H20BrNO/c1-4-7-15(10(2)3)13-8-12(14)6-5-11(13)9-16/h5-6,8,10,16H,4,7,9H2,1-3H3. The number of hydrogen-bond donors (Lipinski definition) is 1. The fraction of sp³-hybridized carbons (Fsp3) is 0.538. The quantitative estimate of drug-likeness (QED) is 0.894. The van der Waals surface area contributed by atoms with Crippen molar-refractivity contribution >= 4 is 21.6 Å². The molecular formula is C13H20BrNO. The van der Waals surface area contributed by atoms with Crippen molar-refractivity contribution in [2.75, 3.05) is 11.4 Å². The van der Waals surface area contributed by atoms with E-state index in [2.05, 4.69) is 47.7 Å². The van der Waals surface area contributed by atoms with Gasteiger partial charge in [-0.2, -0.15) is 0 Å². The first-order valence-corrected chi connectivity index (χ1v) is 6.55. The number of hydrogen-bond acceptors (Lipinski definition) is 2. The SMILES string of the molecule is CCCN(c1cc(Br)ccc1CO)C(C)C. The summed E-state index contributed by atoms with van der Waals surface area (Å²) in [7, 11) is 0. The van der Waals surface area contributed by atoms with E-state index in [-0.39, 0.29) is 6.61 Å². The summed E-state index contributed by atoms with van der Waals surface area (Å²) in [5.41, 5.74) is 2.12. The van der Waals surface area contributed by atoms with Crippen LogP contribution in [0.2, 0.25) is 0 Å². The summed E-state index contributed by atoms with van der Waals surface area (Å²) in [5, 5.41) is 9.37. The molecule has 0 spiro atoms. The number of aliphatic hydroxyl groups is 1. The van der Waals surface area contributed by atoms with Gasteiger partial charge in [0.15, 0.2) is 0 Å². The summed E-state index contributed by atoms with van der Waals surface area (Å²) in [6.07, 6.45) is 1.11. The molecule has 1 rings (SSSR count). The van der Waals surface area contributed by atoms with Crippen LogP contribution in [0.1, 0.15) is 32.8 Å². The van der Waals surface area contributed by atoms with E-state index < -0.39 is 0 Å². The molecule has 0 aliphatic heterocycles. The Labute approximate surface area is 106 Å². The van der Waals surface area contributed by atoms with E-state index in [0.717, 1.165) is 28.7 Å². The predicted octanol–water partition coefficient (Wildman–Crippen LogP) is 3.57. The average Bonchev–Trinajstić information content (AvgIpc) is 2.25. The lowest BCUT2D eigenvalue weighted by Crippen LogP contribution is -2.32. The first-order chi connectivity index (χ1) is 7.60. The number of halogens is 1. The lowest BCUT2D eigenvalue weighted by Gasteiger charge is -2.30. The number of anilines is 1. The second-order valence-electron chi connectivity index (χ2n) is 4.22. The summed E-state index contributed by atoms with van der Waals surface area (Å²) < 4.78 is 1.06. The van der Waals surface area contributed by atoms with Crippen molar-refractivity contribution < 1.29 is 5.11 Å². The Bertz CT molecular complexity index is 339. The van der Waals surface area contributed by atoms with Crippen LogP contribution in [0.5, 0.6) is 0 Å². The third-order valence-corrected chi connectivity index (χ3v) is 3.11. The highest BCUT2D eigenvalue weighted by Crippen LogP contribution is 2.27. The molecule has 3 heteroatoms. The zero-order valence-corrected chi connectivity index (χ0v) is 11.8. The summed E-state index contributed by atoms with van der Waals surface area (Å²) in [5.74, 6) is 0. The second kappa shape index (κ2) is 6.26. The molecule has 0 saturated heterocycles. The van der Waals surface area contributed by atoms with Crippen LogP contribution in [0.3, 0.4) is 0 Å². The van der Waals surface area contributed by atoms with E-state index in [4.69, 9.17) is 0 Å². The molecule has 0 heterocycles. The van der Waals surface area contributed by atoms with Crippen LogP contribution >= 0.6 is 15.9 Å². The van der Waals surface area contributed by atoms with Gasteiger partial charge >= 0.3 is 0 Å². The number of benzene rings is 1. The summed E-state index contributed by atoms with van der Waals surface area (Å²) >= 11 is 3.49. The van der Waals surface area contributed by atoms with Gasteiger partial charge in [0.25, 0.3) is 0 Å². The van der Waals surface area contributed by atoms with Crippen molar-refractivity contribution in [2.45, 2.75) is 39.8 Å². The fourth-order valence-electron chi connectivity index (χ4n) is 1.84. The molecule has 1 aromatic carbocycles. The maximum Gasteiger partial charge on any atom is 0.0702 e. The van der Waals surface area contributed by atoms with Gasteiger partial charge in [-0.3, -0.25) is 0 Å². The topological polar surface area (TPSA) is 23.5 Å². The smallest absolute Gasteiger partial charge is 0.0702 e. The maximum absolute atomic E-state index is 9.37. The summed E-state index contributed by atoms with van der Waals surface area (Å²) in [6, 6.07) is 6.48. The van der Waals surface area contributed by atoms with Crippen molar-refractivity contribution in [1.29, 1.82) is 0 Å². The molecule has 1 aromatic rings. The Balaban J connectivity index is 3.10. The minimum Gasteiger partial charge on any atom is -0.392 e. The van der Waals surface area contributed by atoms with Crippen molar-refractivity contribution in [2.24, 2.45) is 0 Å². The van der Waals surface area contributed by atoms with Crippen molar-refractivity contribution in [1.82, 2.24) is 0 Å². The molecule has 0 fully saturated rings. The first-order valence-electron chi connectivity index (χ1n) is 5.76. The molecule has 0 atom stereocenters. The third-order valence-electron chi connectivity index (χ3n) is 2.61. The fourth-order valence-corrected chi connectivity index (χ4v) is 2.18. The maximum atomic E-state index is 9.37. The summed E-state index contributed by atoms with van der Waals surface area (Å²) in [4.78, 5) is 2.33. The molecule has 0 aliphatic carbocycles. The lowest BCUT2D eigenvalue weighted by molar-refractivity contribution is 0.282. The minimum absolute atomic E-state index is 0.0928. The van der Waals surface area contributed by atoms with E-state index in [1.807, 2.05) is 12.1 Å². The van der Waals surface area contributed by atoms with Gasteiger partial charge in [0, 0.05) is 28.3 Å². The molecule has 0 radical (unpaired) electrons. The third kappa shape index (κ3) is 3.22. The zero-order valence-electron chi connectivity index (χ0n) is 10.2. The minimum atomic E-state index is 0.0928. The molecule has 0 saturated carbocycles. The molecule has 0 unspecified atom stereocenters. The molecular weight excluding hydrogens is 266 g/mol. The Kier molecular flexibility index (Phi) is 5.29. The van der Waals surface area contributed by atoms with E-state index >= 15 is 0 Å². The van der Waals surface area contributed by atoms with Crippen molar-refractivity contribution in [3.63, 3.8) is 0 Å². The largest absolute Gasteiger partial charge is 0.392 e. The molecule has 16 heavy (non-hydrogen) atoms. The van der Waals surface area contributed by atoms with Gasteiger partial charge in [-0.25, -0.2) is 0 Å². The van der Waals surface area contributed by atoms with Crippen LogP contribution in [0.25, 0.3) is 0 Å². The average molecular weight is 286 g/mol. The second-order valence-corrected chi connectivity index (χ2v) is 5.13. The summed E-state index contributed by atoms with van der Waals surface area (Å²) in [6.45, 7) is 7.64. The predicted molar refractivity (Wildman–Crippen MR) is 72.8 cm³/mol. The number of rotatable bonds is 5. The Morgan fingerprint density at radius 3 is 2.56 bits per heavy atom. The van der Waals surface area contributed by atoms with Crippen LogP contribution in [0.15, 0.2) is 22.7 Å². The van der Waals surface area contributed by atoms with E-state index in [0.29, 0.717) is 6.04 Å². The zero-order chi connectivity index (χ0) is 12.1. The van der Waals surface area contributed by atoms with Crippen molar-refractivity contribution in [3.05, 3.63) is 28.2 Å². The van der Waals surface area contributed by atoms with Crippen LogP contribution in [-0.4, -0.2) is 17.7 Å². The van der Waals surface area contributed by atoms with E-state index in [9.17, 15) is 5.11 Å². The molecule has 0 bridgehead atoms. The number of nitrogens with zero attached hydrogens (tertiary/aromatic N) is 1. The highest BCUT2D eigenvalue weighted by atomic mass is 79.9. The van der Waals surface area contributed by atoms with Crippen LogP contribution in [0.4, 0.5) is 5.69 Å². The lowest BCUT2D eigenvalue weighted by atomic mass is 10.1. The molecule has 2 nitrogen and oxygen atoms in total. The van der Waals surface area contributed by atoms with E-state index in [1.54, 1.807) is 0 Å². The monoisotopic (exact) mass is 285 g/mol. The Morgan fingerprint density at radius 2 is 2.06 bits per heavy atom.